The average Bonchev–Trinajstić information content (AvgIpc) is 2.62. The lowest BCUT2D eigenvalue weighted by Crippen LogP contribution is -2.42. The summed E-state index contributed by atoms with van der Waals surface area (Å²) in [6.45, 7) is 7.18. The van der Waals surface area contributed by atoms with Crippen LogP contribution in [-0.4, -0.2) is 46.7 Å². The number of rotatable bonds is 5. The first-order chi connectivity index (χ1) is 10.2. The Morgan fingerprint density at radius 3 is 2.50 bits per heavy atom. The number of carbonyl (C=O) groups is 2. The van der Waals surface area contributed by atoms with Gasteiger partial charge in [-0.3, -0.25) is 9.69 Å². The second-order valence-electron chi connectivity index (χ2n) is 6.18. The lowest BCUT2D eigenvalue weighted by Gasteiger charge is -2.19. The number of aliphatic hydroxyl groups excluding tert-OH is 1. The molecular weight excluding hydrogens is 284 g/mol. The molecule has 1 saturated heterocycles. The number of aliphatic hydroxyl groups is 1. The van der Waals surface area contributed by atoms with E-state index >= 15 is 0 Å². The maximum Gasteiger partial charge on any atom is 0.325 e. The van der Waals surface area contributed by atoms with Crippen LogP contribution in [0.1, 0.15) is 25.0 Å². The Labute approximate surface area is 130 Å². The van der Waals surface area contributed by atoms with E-state index in [9.17, 15) is 14.7 Å². The quantitative estimate of drug-likeness (QED) is 0.805. The standard InChI is InChI=1S/C16H22N2O4/c1-10-5-6-13(7-11(10)2)22-9-12(19)8-18-14(20)16(3,4)17-15(18)21/h5-7,12,19H,8-9H2,1-4H3,(H,17,21)/t12-/m1/s1. The summed E-state index contributed by atoms with van der Waals surface area (Å²) in [5.41, 5.74) is 1.34. The van der Waals surface area contributed by atoms with Gasteiger partial charge >= 0.3 is 6.03 Å². The molecule has 6 nitrogen and oxygen atoms in total. The van der Waals surface area contributed by atoms with Crippen LogP contribution in [0.4, 0.5) is 4.79 Å². The van der Waals surface area contributed by atoms with Gasteiger partial charge in [0.2, 0.25) is 0 Å². The maximum atomic E-state index is 12.0. The lowest BCUT2D eigenvalue weighted by atomic mass is 10.1. The van der Waals surface area contributed by atoms with Crippen LogP contribution in [-0.2, 0) is 4.79 Å². The van der Waals surface area contributed by atoms with Crippen LogP contribution in [0.5, 0.6) is 5.75 Å². The molecule has 6 heteroatoms. The molecule has 2 rings (SSSR count). The number of nitrogens with one attached hydrogen (secondary N) is 1. The summed E-state index contributed by atoms with van der Waals surface area (Å²) in [6.07, 6.45) is -0.940. The van der Waals surface area contributed by atoms with Crippen molar-refractivity contribution in [3.8, 4) is 5.75 Å². The van der Waals surface area contributed by atoms with Crippen molar-refractivity contribution in [2.24, 2.45) is 0 Å². The highest BCUT2D eigenvalue weighted by Crippen LogP contribution is 2.18. The van der Waals surface area contributed by atoms with Crippen LogP contribution >= 0.6 is 0 Å². The van der Waals surface area contributed by atoms with Crippen molar-refractivity contribution < 1.29 is 19.4 Å². The van der Waals surface area contributed by atoms with Gasteiger partial charge in [0.05, 0.1) is 6.54 Å². The van der Waals surface area contributed by atoms with E-state index in [0.29, 0.717) is 5.75 Å². The van der Waals surface area contributed by atoms with Crippen LogP contribution in [0, 0.1) is 13.8 Å². The Balaban J connectivity index is 1.90. The molecule has 1 atom stereocenters. The molecule has 0 unspecified atom stereocenters. The van der Waals surface area contributed by atoms with Gasteiger partial charge in [-0.05, 0) is 51.0 Å². The third-order valence-corrected chi connectivity index (χ3v) is 3.76. The molecule has 1 heterocycles. The van der Waals surface area contributed by atoms with Gasteiger partial charge in [0.15, 0.2) is 0 Å². The number of imide groups is 1. The van der Waals surface area contributed by atoms with Crippen molar-refractivity contribution >= 4 is 11.9 Å². The van der Waals surface area contributed by atoms with Gasteiger partial charge in [-0.1, -0.05) is 6.07 Å². The third kappa shape index (κ3) is 3.39. The van der Waals surface area contributed by atoms with Gasteiger partial charge in [-0.2, -0.15) is 0 Å². The van der Waals surface area contributed by atoms with E-state index in [0.717, 1.165) is 16.0 Å². The largest absolute Gasteiger partial charge is 0.491 e. The first-order valence-corrected chi connectivity index (χ1v) is 7.23. The molecule has 0 spiro atoms. The monoisotopic (exact) mass is 306 g/mol. The van der Waals surface area contributed by atoms with Crippen LogP contribution in [0.15, 0.2) is 18.2 Å². The molecule has 22 heavy (non-hydrogen) atoms. The fourth-order valence-electron chi connectivity index (χ4n) is 2.24. The number of hydrogen-bond acceptors (Lipinski definition) is 4. The zero-order valence-electron chi connectivity index (χ0n) is 13.3. The Kier molecular flexibility index (Phi) is 4.42. The second-order valence-corrected chi connectivity index (χ2v) is 6.18. The maximum absolute atomic E-state index is 12.0. The van der Waals surface area contributed by atoms with Crippen molar-refractivity contribution in [3.63, 3.8) is 0 Å². The predicted molar refractivity (Wildman–Crippen MR) is 81.7 cm³/mol. The molecular formula is C16H22N2O4. The summed E-state index contributed by atoms with van der Waals surface area (Å²) >= 11 is 0. The molecule has 3 amide bonds. The summed E-state index contributed by atoms with van der Waals surface area (Å²) in [5.74, 6) is 0.308. The Morgan fingerprint density at radius 1 is 1.27 bits per heavy atom. The highest BCUT2D eigenvalue weighted by Gasteiger charge is 2.44. The highest BCUT2D eigenvalue weighted by atomic mass is 16.5. The molecule has 0 aromatic heterocycles. The van der Waals surface area contributed by atoms with Crippen molar-refractivity contribution in [3.05, 3.63) is 29.3 Å². The smallest absolute Gasteiger partial charge is 0.325 e. The van der Waals surface area contributed by atoms with Crippen LogP contribution in [0.3, 0.4) is 0 Å². The molecule has 1 aliphatic rings. The predicted octanol–water partition coefficient (Wildman–Crippen LogP) is 1.37. The van der Waals surface area contributed by atoms with E-state index in [1.54, 1.807) is 13.8 Å². The number of carbonyl (C=O) groups excluding carboxylic acids is 2. The van der Waals surface area contributed by atoms with Gasteiger partial charge in [-0.25, -0.2) is 4.79 Å². The molecule has 2 N–H and O–H groups in total. The molecule has 1 fully saturated rings. The SMILES string of the molecule is Cc1ccc(OC[C@H](O)CN2C(=O)NC(C)(C)C2=O)cc1C. The normalized spacial score (nSPS) is 18.3. The number of benzene rings is 1. The summed E-state index contributed by atoms with van der Waals surface area (Å²) in [4.78, 5) is 24.8. The van der Waals surface area contributed by atoms with Gasteiger partial charge in [0.25, 0.3) is 5.91 Å². The Morgan fingerprint density at radius 2 is 1.95 bits per heavy atom. The molecule has 120 valence electrons. The molecule has 1 aromatic carbocycles. The molecule has 0 radical (unpaired) electrons. The minimum Gasteiger partial charge on any atom is -0.491 e. The lowest BCUT2D eigenvalue weighted by molar-refractivity contribution is -0.131. The topological polar surface area (TPSA) is 78.9 Å². The Bertz CT molecular complexity index is 598. The fourth-order valence-corrected chi connectivity index (χ4v) is 2.24. The molecule has 0 aliphatic carbocycles. The number of aryl methyl sites for hydroxylation is 2. The van der Waals surface area contributed by atoms with E-state index in [1.807, 2.05) is 32.0 Å². The number of amides is 3. The van der Waals surface area contributed by atoms with Crippen molar-refractivity contribution in [1.29, 1.82) is 0 Å². The first-order valence-electron chi connectivity index (χ1n) is 7.23. The number of ether oxygens (including phenoxy) is 1. The zero-order valence-corrected chi connectivity index (χ0v) is 13.3. The molecule has 1 aromatic rings. The molecule has 0 bridgehead atoms. The zero-order chi connectivity index (χ0) is 16.5. The van der Waals surface area contributed by atoms with Gasteiger partial charge in [-0.15, -0.1) is 0 Å². The summed E-state index contributed by atoms with van der Waals surface area (Å²) < 4.78 is 5.52. The number of urea groups is 1. The summed E-state index contributed by atoms with van der Waals surface area (Å²) in [7, 11) is 0. The van der Waals surface area contributed by atoms with E-state index < -0.39 is 17.7 Å². The third-order valence-electron chi connectivity index (χ3n) is 3.76. The second kappa shape index (κ2) is 5.96. The van der Waals surface area contributed by atoms with Crippen molar-refractivity contribution in [2.75, 3.05) is 13.2 Å². The van der Waals surface area contributed by atoms with E-state index in [1.165, 1.54) is 0 Å². The Hall–Kier alpha value is -2.08. The minimum absolute atomic E-state index is 0.0139. The van der Waals surface area contributed by atoms with Crippen molar-refractivity contribution in [1.82, 2.24) is 10.2 Å². The van der Waals surface area contributed by atoms with E-state index in [4.69, 9.17) is 4.74 Å². The molecule has 0 saturated carbocycles. The summed E-state index contributed by atoms with van der Waals surface area (Å²) in [5, 5.41) is 12.6. The van der Waals surface area contributed by atoms with Crippen LogP contribution in [0.25, 0.3) is 0 Å². The number of nitrogens with zero attached hydrogens (tertiary/aromatic N) is 1. The van der Waals surface area contributed by atoms with E-state index in [-0.39, 0.29) is 19.1 Å². The summed E-state index contributed by atoms with van der Waals surface area (Å²) in [6, 6.07) is 5.17. The number of β-amino-alcohol motifs (C(OH)–C–C–N with tert-alkyl or cyclic N) is 1. The molecule has 1 aliphatic heterocycles. The van der Waals surface area contributed by atoms with Crippen LogP contribution in [0.2, 0.25) is 0 Å². The van der Waals surface area contributed by atoms with Crippen LogP contribution < -0.4 is 10.1 Å². The number of hydrogen-bond donors (Lipinski definition) is 2. The highest BCUT2D eigenvalue weighted by molar-refractivity contribution is 6.06. The van der Waals surface area contributed by atoms with Crippen molar-refractivity contribution in [2.45, 2.75) is 39.3 Å². The first kappa shape index (κ1) is 16.3. The van der Waals surface area contributed by atoms with Gasteiger partial charge in [0.1, 0.15) is 24.0 Å². The average molecular weight is 306 g/mol. The minimum atomic E-state index is -0.940. The van der Waals surface area contributed by atoms with Gasteiger partial charge in [0, 0.05) is 0 Å². The van der Waals surface area contributed by atoms with E-state index in [2.05, 4.69) is 5.32 Å². The van der Waals surface area contributed by atoms with Gasteiger partial charge < -0.3 is 15.2 Å². The fraction of sp³-hybridized carbons (Fsp3) is 0.500.